The van der Waals surface area contributed by atoms with E-state index in [-0.39, 0.29) is 18.1 Å². The number of nitrogens with one attached hydrogen (secondary N) is 4. The Bertz CT molecular complexity index is 2320. The molecule has 7 heterocycles. The van der Waals surface area contributed by atoms with Crippen molar-refractivity contribution in [3.8, 4) is 39.5 Å². The highest BCUT2D eigenvalue weighted by atomic mass is 32.1. The van der Waals surface area contributed by atoms with Crippen LogP contribution in [0.3, 0.4) is 0 Å². The van der Waals surface area contributed by atoms with Crippen molar-refractivity contribution in [3.05, 3.63) is 102 Å². The Labute approximate surface area is 284 Å². The maximum Gasteiger partial charge on any atom is 0.129 e. The smallest absolute Gasteiger partial charge is 0.129 e. The fourth-order valence-corrected chi connectivity index (χ4v) is 8.85. The van der Waals surface area contributed by atoms with Gasteiger partial charge in [0.05, 0.1) is 41.6 Å². The lowest BCUT2D eigenvalue weighted by Gasteiger charge is -2.19. The van der Waals surface area contributed by atoms with Gasteiger partial charge < -0.3 is 29.9 Å². The number of halogens is 2. The number of alkyl halides is 2. The number of nitrogens with zero attached hydrogens (tertiary/aromatic N) is 3. The van der Waals surface area contributed by atoms with Gasteiger partial charge in [0.2, 0.25) is 0 Å². The van der Waals surface area contributed by atoms with Gasteiger partial charge in [-0.2, -0.15) is 0 Å². The Morgan fingerprint density at radius 3 is 2.14 bits per heavy atom. The van der Waals surface area contributed by atoms with E-state index in [1.54, 1.807) is 11.3 Å². The van der Waals surface area contributed by atoms with Crippen LogP contribution in [0, 0.1) is 0 Å². The van der Waals surface area contributed by atoms with Crippen molar-refractivity contribution < 1.29 is 13.5 Å². The summed E-state index contributed by atoms with van der Waals surface area (Å²) in [5.74, 6) is 2.32. The molecule has 4 N–H and O–H groups in total. The quantitative estimate of drug-likeness (QED) is 0.148. The van der Waals surface area contributed by atoms with Gasteiger partial charge in [0, 0.05) is 63.1 Å². The van der Waals surface area contributed by atoms with Crippen LogP contribution in [0.15, 0.2) is 85.2 Å². The number of hydrogen-bond acceptors (Lipinski definition) is 6. The minimum absolute atomic E-state index is 0.0479. The van der Waals surface area contributed by atoms with Gasteiger partial charge in [-0.05, 0) is 47.9 Å². The molecule has 0 aliphatic carbocycles. The number of aromatic amines is 2. The van der Waals surface area contributed by atoms with E-state index in [4.69, 9.17) is 4.74 Å². The van der Waals surface area contributed by atoms with Gasteiger partial charge in [-0.1, -0.05) is 30.3 Å². The van der Waals surface area contributed by atoms with Crippen LogP contribution in [0.25, 0.3) is 54.8 Å². The molecular formula is C38H33F2N7OS. The number of benzene rings is 3. The summed E-state index contributed by atoms with van der Waals surface area (Å²) in [4.78, 5) is 17.3. The molecule has 7 aromatic rings. The first-order chi connectivity index (χ1) is 24.0. The lowest BCUT2D eigenvalue weighted by Crippen LogP contribution is -2.16. The zero-order chi connectivity index (χ0) is 32.6. The summed E-state index contributed by atoms with van der Waals surface area (Å²) in [7, 11) is 0. The van der Waals surface area contributed by atoms with Crippen molar-refractivity contribution in [1.29, 1.82) is 0 Å². The number of hydrogen-bond donors (Lipinski definition) is 4. The molecule has 3 aliphatic heterocycles. The predicted molar refractivity (Wildman–Crippen MR) is 189 cm³/mol. The molecule has 246 valence electrons. The Kier molecular flexibility index (Phi) is 6.75. The molecule has 49 heavy (non-hydrogen) atoms. The van der Waals surface area contributed by atoms with Crippen LogP contribution < -0.4 is 15.4 Å². The third-order valence-corrected chi connectivity index (χ3v) is 11.4. The summed E-state index contributed by atoms with van der Waals surface area (Å²) in [6.45, 7) is 1.18. The fraction of sp³-hybridized carbons (Fsp3) is 0.263. The molecule has 0 bridgehead atoms. The number of ether oxygens (including phenoxy) is 1. The third kappa shape index (κ3) is 4.98. The second-order valence-electron chi connectivity index (χ2n) is 13.3. The molecule has 0 radical (unpaired) electrons. The summed E-state index contributed by atoms with van der Waals surface area (Å²) in [5, 5.41) is 8.77. The molecule has 0 amide bonds. The second-order valence-corrected chi connectivity index (χ2v) is 14.5. The van der Waals surface area contributed by atoms with Gasteiger partial charge >= 0.3 is 0 Å². The molecule has 2 fully saturated rings. The van der Waals surface area contributed by atoms with Gasteiger partial charge in [0.25, 0.3) is 0 Å². The summed E-state index contributed by atoms with van der Waals surface area (Å²) >= 11 is 1.80. The summed E-state index contributed by atoms with van der Waals surface area (Å²) in [6, 6.07) is 25.6. The number of imidazole rings is 2. The lowest BCUT2D eigenvalue weighted by atomic mass is 10.1. The van der Waals surface area contributed by atoms with Gasteiger partial charge in [0.1, 0.15) is 42.4 Å². The zero-order valence-corrected chi connectivity index (χ0v) is 27.2. The number of thiophene rings is 1. The highest BCUT2D eigenvalue weighted by molar-refractivity contribution is 7.19. The lowest BCUT2D eigenvalue weighted by molar-refractivity contribution is 0.284. The van der Waals surface area contributed by atoms with Crippen molar-refractivity contribution in [3.63, 3.8) is 0 Å². The van der Waals surface area contributed by atoms with E-state index in [9.17, 15) is 8.78 Å². The standard InChI is InChI=1S/C38H33F2N7OS/c39-24-13-27(41-15-24)37-43-17-29(45-37)20-6-8-31-23(9-20)10-32-26-7-5-21(30-18-44-38(46-30)28-14-25(40)16-42-28)11-34(26)48-19-33(47(31)32)36-12-22-3-1-2-4-35(22)49-36/h1-12,17-18,24-25,27-28,33,41-42H,13-16,19H2,(H,43,45)(H,44,46). The molecule has 3 aliphatic rings. The van der Waals surface area contributed by atoms with E-state index in [0.717, 1.165) is 62.1 Å². The minimum Gasteiger partial charge on any atom is -0.490 e. The van der Waals surface area contributed by atoms with Crippen LogP contribution in [0.4, 0.5) is 8.78 Å². The maximum absolute atomic E-state index is 13.9. The molecular weight excluding hydrogens is 641 g/mol. The molecule has 11 heteroatoms. The number of rotatable bonds is 5. The average molecular weight is 674 g/mol. The summed E-state index contributed by atoms with van der Waals surface area (Å²) < 4.78 is 38.1. The molecule has 2 saturated heterocycles. The monoisotopic (exact) mass is 673 g/mol. The van der Waals surface area contributed by atoms with Crippen molar-refractivity contribution >= 4 is 32.3 Å². The molecule has 5 unspecified atom stereocenters. The van der Waals surface area contributed by atoms with E-state index in [0.29, 0.717) is 32.5 Å². The Morgan fingerprint density at radius 1 is 0.755 bits per heavy atom. The van der Waals surface area contributed by atoms with Crippen molar-refractivity contribution in [2.24, 2.45) is 0 Å². The van der Waals surface area contributed by atoms with E-state index >= 15 is 0 Å². The average Bonchev–Trinajstić information content (AvgIpc) is 3.96. The van der Waals surface area contributed by atoms with Gasteiger partial charge in [-0.15, -0.1) is 11.3 Å². The summed E-state index contributed by atoms with van der Waals surface area (Å²) in [6.07, 6.45) is 2.81. The number of fused-ring (bicyclic) bond motifs is 6. The van der Waals surface area contributed by atoms with Gasteiger partial charge in [0.15, 0.2) is 0 Å². The van der Waals surface area contributed by atoms with Crippen LogP contribution >= 0.6 is 11.3 Å². The van der Waals surface area contributed by atoms with Gasteiger partial charge in [-0.3, -0.25) is 0 Å². The second kappa shape index (κ2) is 11.4. The first kappa shape index (κ1) is 29.1. The first-order valence-electron chi connectivity index (χ1n) is 16.8. The zero-order valence-electron chi connectivity index (χ0n) is 26.4. The van der Waals surface area contributed by atoms with Crippen molar-refractivity contribution in [2.45, 2.75) is 43.3 Å². The molecule has 3 aromatic carbocycles. The van der Waals surface area contributed by atoms with E-state index < -0.39 is 12.3 Å². The highest BCUT2D eigenvalue weighted by Crippen LogP contribution is 2.45. The van der Waals surface area contributed by atoms with E-state index in [1.807, 2.05) is 12.4 Å². The molecule has 0 saturated carbocycles. The molecule has 0 spiro atoms. The van der Waals surface area contributed by atoms with Crippen LogP contribution in [-0.4, -0.2) is 56.5 Å². The summed E-state index contributed by atoms with van der Waals surface area (Å²) in [5.41, 5.74) is 6.98. The molecule has 8 nitrogen and oxygen atoms in total. The Morgan fingerprint density at radius 2 is 1.45 bits per heavy atom. The van der Waals surface area contributed by atoms with E-state index in [1.165, 1.54) is 15.0 Å². The van der Waals surface area contributed by atoms with Gasteiger partial charge in [-0.25, -0.2) is 18.7 Å². The number of H-pyrrole nitrogens is 2. The Balaban J connectivity index is 1.06. The van der Waals surface area contributed by atoms with Crippen LogP contribution in [-0.2, 0) is 0 Å². The Hall–Kier alpha value is -4.84. The topological polar surface area (TPSA) is 95.6 Å². The number of aromatic nitrogens is 5. The SMILES string of the molecule is FC1CNC(c2ncc(-c3ccc4c(c3)OCC(c3cc5ccccc5s3)n3c-4cc4cc(-c5cnc(C6CC(F)CN6)[nH]5)ccc43)[nH]2)C1. The van der Waals surface area contributed by atoms with Crippen LogP contribution in [0.1, 0.15) is 47.5 Å². The largest absolute Gasteiger partial charge is 0.490 e. The third-order valence-electron chi connectivity index (χ3n) is 10.2. The highest BCUT2D eigenvalue weighted by Gasteiger charge is 2.30. The first-order valence-corrected chi connectivity index (χ1v) is 17.6. The van der Waals surface area contributed by atoms with Crippen molar-refractivity contribution in [1.82, 2.24) is 35.1 Å². The molecule has 5 atom stereocenters. The fourth-order valence-electron chi connectivity index (χ4n) is 7.71. The maximum atomic E-state index is 13.9. The normalized spacial score (nSPS) is 23.5. The van der Waals surface area contributed by atoms with Crippen LogP contribution in [0.5, 0.6) is 5.75 Å². The van der Waals surface area contributed by atoms with Crippen LogP contribution in [0.2, 0.25) is 0 Å². The van der Waals surface area contributed by atoms with Crippen molar-refractivity contribution in [2.75, 3.05) is 19.7 Å². The minimum atomic E-state index is -0.854. The molecule has 10 rings (SSSR count). The van der Waals surface area contributed by atoms with E-state index in [2.05, 4.69) is 108 Å². The predicted octanol–water partition coefficient (Wildman–Crippen LogP) is 8.03. The molecule has 4 aromatic heterocycles.